The lowest BCUT2D eigenvalue weighted by molar-refractivity contribution is 0.252. The van der Waals surface area contributed by atoms with Crippen LogP contribution in [-0.4, -0.2) is 22.8 Å². The van der Waals surface area contributed by atoms with Crippen molar-refractivity contribution in [3.63, 3.8) is 0 Å². The van der Waals surface area contributed by atoms with Crippen molar-refractivity contribution in [1.82, 2.24) is 15.5 Å². The minimum absolute atomic E-state index is 0.255. The first kappa shape index (κ1) is 14.1. The summed E-state index contributed by atoms with van der Waals surface area (Å²) in [5.41, 5.74) is 2.10. The standard InChI is InChI=1S/C16H15FN4O/c17-14-4-2-1-3-11(14)7-8-18-16(22)20-13-6-5-12-10-19-21-15(12)9-13/h1-6,9-10H,7-8H2,(H,19,21)(H2,18,20,22). The Labute approximate surface area is 126 Å². The number of benzene rings is 2. The molecule has 3 aromatic rings. The van der Waals surface area contributed by atoms with Crippen molar-refractivity contribution in [2.45, 2.75) is 6.42 Å². The number of hydrogen-bond acceptors (Lipinski definition) is 2. The van der Waals surface area contributed by atoms with E-state index in [0.717, 1.165) is 10.9 Å². The Bertz CT molecular complexity index is 799. The van der Waals surface area contributed by atoms with Crippen molar-refractivity contribution in [2.75, 3.05) is 11.9 Å². The van der Waals surface area contributed by atoms with Crippen LogP contribution in [0.2, 0.25) is 0 Å². The molecular weight excluding hydrogens is 283 g/mol. The first-order valence-electron chi connectivity index (χ1n) is 6.94. The molecule has 0 aliphatic heterocycles. The largest absolute Gasteiger partial charge is 0.338 e. The minimum atomic E-state index is -0.324. The molecule has 3 rings (SSSR count). The van der Waals surface area contributed by atoms with Crippen molar-refractivity contribution >= 4 is 22.6 Å². The number of nitrogens with one attached hydrogen (secondary N) is 3. The Morgan fingerprint density at radius 1 is 1.23 bits per heavy atom. The summed E-state index contributed by atoms with van der Waals surface area (Å²) in [7, 11) is 0. The molecule has 2 amide bonds. The molecular formula is C16H15FN4O. The van der Waals surface area contributed by atoms with Crippen LogP contribution < -0.4 is 10.6 Å². The number of fused-ring (bicyclic) bond motifs is 1. The topological polar surface area (TPSA) is 69.8 Å². The van der Waals surface area contributed by atoms with E-state index in [-0.39, 0.29) is 11.8 Å². The zero-order valence-electron chi connectivity index (χ0n) is 11.8. The average Bonchev–Trinajstić information content (AvgIpc) is 2.97. The third kappa shape index (κ3) is 3.22. The van der Waals surface area contributed by atoms with E-state index in [1.54, 1.807) is 36.5 Å². The van der Waals surface area contributed by atoms with Crippen LogP contribution in [-0.2, 0) is 6.42 Å². The van der Waals surface area contributed by atoms with E-state index >= 15 is 0 Å². The second kappa shape index (κ2) is 6.26. The molecule has 0 atom stereocenters. The van der Waals surface area contributed by atoms with Crippen LogP contribution >= 0.6 is 0 Å². The fourth-order valence-electron chi connectivity index (χ4n) is 2.20. The highest BCUT2D eigenvalue weighted by Crippen LogP contribution is 2.16. The van der Waals surface area contributed by atoms with Gasteiger partial charge in [0.1, 0.15) is 5.82 Å². The fourth-order valence-corrected chi connectivity index (χ4v) is 2.20. The number of nitrogens with zero attached hydrogens (tertiary/aromatic N) is 1. The molecule has 0 aliphatic rings. The number of carbonyl (C=O) groups is 1. The molecule has 0 unspecified atom stereocenters. The summed E-state index contributed by atoms with van der Waals surface area (Å²) in [5.74, 6) is -0.255. The van der Waals surface area contributed by atoms with Gasteiger partial charge in [-0.3, -0.25) is 5.10 Å². The van der Waals surface area contributed by atoms with E-state index in [1.807, 2.05) is 6.07 Å². The van der Waals surface area contributed by atoms with Gasteiger partial charge in [0.25, 0.3) is 0 Å². The van der Waals surface area contributed by atoms with Gasteiger partial charge in [-0.2, -0.15) is 5.10 Å². The number of halogens is 1. The lowest BCUT2D eigenvalue weighted by Gasteiger charge is -2.08. The predicted octanol–water partition coefficient (Wildman–Crippen LogP) is 3.07. The Kier molecular flexibility index (Phi) is 4.00. The number of urea groups is 1. The third-order valence-corrected chi connectivity index (χ3v) is 3.34. The number of hydrogen-bond donors (Lipinski definition) is 3. The van der Waals surface area contributed by atoms with E-state index in [0.29, 0.717) is 24.2 Å². The third-order valence-electron chi connectivity index (χ3n) is 3.34. The van der Waals surface area contributed by atoms with Crippen LogP contribution in [0, 0.1) is 5.82 Å². The molecule has 1 heterocycles. The Morgan fingerprint density at radius 3 is 2.95 bits per heavy atom. The summed E-state index contributed by atoms with van der Waals surface area (Å²) in [6, 6.07) is 11.7. The Morgan fingerprint density at radius 2 is 2.09 bits per heavy atom. The molecule has 6 heteroatoms. The number of H-pyrrole nitrogens is 1. The molecule has 0 saturated carbocycles. The van der Waals surface area contributed by atoms with Gasteiger partial charge < -0.3 is 10.6 Å². The second-order valence-corrected chi connectivity index (χ2v) is 4.89. The van der Waals surface area contributed by atoms with Crippen LogP contribution in [0.3, 0.4) is 0 Å². The molecule has 3 N–H and O–H groups in total. The van der Waals surface area contributed by atoms with Crippen molar-refractivity contribution in [3.8, 4) is 0 Å². The summed E-state index contributed by atoms with van der Waals surface area (Å²) < 4.78 is 13.4. The van der Waals surface area contributed by atoms with Crippen LogP contribution in [0.25, 0.3) is 10.9 Å². The maximum atomic E-state index is 13.4. The molecule has 1 aromatic heterocycles. The maximum Gasteiger partial charge on any atom is 0.319 e. The SMILES string of the molecule is O=C(NCCc1ccccc1F)Nc1ccc2cn[nH]c2c1. The van der Waals surface area contributed by atoms with E-state index in [4.69, 9.17) is 0 Å². The maximum absolute atomic E-state index is 13.4. The fraction of sp³-hybridized carbons (Fsp3) is 0.125. The monoisotopic (exact) mass is 298 g/mol. The van der Waals surface area contributed by atoms with Gasteiger partial charge in [0.2, 0.25) is 0 Å². The number of rotatable bonds is 4. The summed E-state index contributed by atoms with van der Waals surface area (Å²) >= 11 is 0. The number of carbonyl (C=O) groups excluding carboxylic acids is 1. The van der Waals surface area contributed by atoms with Crippen LogP contribution in [0.4, 0.5) is 14.9 Å². The number of aromatic amines is 1. The van der Waals surface area contributed by atoms with Crippen LogP contribution in [0.5, 0.6) is 0 Å². The minimum Gasteiger partial charge on any atom is -0.338 e. The van der Waals surface area contributed by atoms with Crippen molar-refractivity contribution < 1.29 is 9.18 Å². The molecule has 0 fully saturated rings. The van der Waals surface area contributed by atoms with Gasteiger partial charge in [0.05, 0.1) is 11.7 Å². The Balaban J connectivity index is 1.53. The molecule has 5 nitrogen and oxygen atoms in total. The molecule has 0 saturated heterocycles. The van der Waals surface area contributed by atoms with Gasteiger partial charge in [-0.15, -0.1) is 0 Å². The van der Waals surface area contributed by atoms with E-state index in [9.17, 15) is 9.18 Å². The highest BCUT2D eigenvalue weighted by Gasteiger charge is 2.04. The molecule has 2 aromatic carbocycles. The van der Waals surface area contributed by atoms with Gasteiger partial charge >= 0.3 is 6.03 Å². The average molecular weight is 298 g/mol. The first-order chi connectivity index (χ1) is 10.7. The normalized spacial score (nSPS) is 10.6. The summed E-state index contributed by atoms with van der Waals surface area (Å²) in [4.78, 5) is 11.8. The number of amides is 2. The van der Waals surface area contributed by atoms with Gasteiger partial charge in [-0.05, 0) is 36.2 Å². The van der Waals surface area contributed by atoms with E-state index < -0.39 is 0 Å². The summed E-state index contributed by atoms with van der Waals surface area (Å²) in [6.45, 7) is 0.360. The van der Waals surface area contributed by atoms with E-state index in [1.165, 1.54) is 6.07 Å². The number of anilines is 1. The van der Waals surface area contributed by atoms with Crippen molar-refractivity contribution in [2.24, 2.45) is 0 Å². The molecule has 0 spiro atoms. The van der Waals surface area contributed by atoms with Crippen LogP contribution in [0.15, 0.2) is 48.7 Å². The lowest BCUT2D eigenvalue weighted by Crippen LogP contribution is -2.30. The first-order valence-corrected chi connectivity index (χ1v) is 6.94. The molecule has 0 aliphatic carbocycles. The zero-order valence-corrected chi connectivity index (χ0v) is 11.8. The summed E-state index contributed by atoms with van der Waals surface area (Å²) in [5, 5.41) is 13.2. The van der Waals surface area contributed by atoms with E-state index in [2.05, 4.69) is 20.8 Å². The van der Waals surface area contributed by atoms with Gasteiger partial charge in [0, 0.05) is 17.6 Å². The Hall–Kier alpha value is -2.89. The predicted molar refractivity (Wildman–Crippen MR) is 83.2 cm³/mol. The van der Waals surface area contributed by atoms with Crippen molar-refractivity contribution in [1.29, 1.82) is 0 Å². The highest BCUT2D eigenvalue weighted by atomic mass is 19.1. The van der Waals surface area contributed by atoms with Gasteiger partial charge in [0.15, 0.2) is 0 Å². The highest BCUT2D eigenvalue weighted by molar-refractivity contribution is 5.92. The zero-order chi connectivity index (χ0) is 15.4. The van der Waals surface area contributed by atoms with Crippen molar-refractivity contribution in [3.05, 3.63) is 60.0 Å². The second-order valence-electron chi connectivity index (χ2n) is 4.89. The van der Waals surface area contributed by atoms with Gasteiger partial charge in [-0.25, -0.2) is 9.18 Å². The molecule has 0 bridgehead atoms. The smallest absolute Gasteiger partial charge is 0.319 e. The molecule has 112 valence electrons. The van der Waals surface area contributed by atoms with Gasteiger partial charge in [-0.1, -0.05) is 18.2 Å². The number of aromatic nitrogens is 2. The molecule has 22 heavy (non-hydrogen) atoms. The summed E-state index contributed by atoms with van der Waals surface area (Å²) in [6.07, 6.45) is 2.16. The van der Waals surface area contributed by atoms with Crippen LogP contribution in [0.1, 0.15) is 5.56 Å². The molecule has 0 radical (unpaired) electrons. The lowest BCUT2D eigenvalue weighted by atomic mass is 10.1. The quantitative estimate of drug-likeness (QED) is 0.693.